The third-order valence-corrected chi connectivity index (χ3v) is 4.43. The number of aliphatic hydroxyl groups is 1. The molecule has 92 valence electrons. The molecule has 1 saturated heterocycles. The summed E-state index contributed by atoms with van der Waals surface area (Å²) in [5.41, 5.74) is 1.33. The largest absolute Gasteiger partial charge is 0.393 e. The smallest absolute Gasteiger partial charge is 0.0604 e. The number of hydrogen-bond acceptors (Lipinski definition) is 2. The minimum absolute atomic E-state index is 0.0692. The molecular weight excluding hydrogens is 210 g/mol. The number of rotatable bonds is 1. The molecule has 0 bridgehead atoms. The van der Waals surface area contributed by atoms with Crippen molar-refractivity contribution in [3.63, 3.8) is 0 Å². The van der Waals surface area contributed by atoms with Gasteiger partial charge in [-0.2, -0.15) is 0 Å². The van der Waals surface area contributed by atoms with Crippen LogP contribution in [0, 0.1) is 5.92 Å². The van der Waals surface area contributed by atoms with Gasteiger partial charge in [-0.25, -0.2) is 0 Å². The second kappa shape index (κ2) is 4.69. The van der Waals surface area contributed by atoms with E-state index in [-0.39, 0.29) is 6.10 Å². The summed E-state index contributed by atoms with van der Waals surface area (Å²) in [4.78, 5) is 2.52. The van der Waals surface area contributed by atoms with Gasteiger partial charge in [-0.15, -0.1) is 0 Å². The Morgan fingerprint density at radius 2 is 1.76 bits per heavy atom. The van der Waals surface area contributed by atoms with Gasteiger partial charge in [0, 0.05) is 24.2 Å². The van der Waals surface area contributed by atoms with Crippen molar-refractivity contribution in [2.24, 2.45) is 5.92 Å². The van der Waals surface area contributed by atoms with Gasteiger partial charge >= 0.3 is 0 Å². The van der Waals surface area contributed by atoms with Gasteiger partial charge in [-0.3, -0.25) is 0 Å². The highest BCUT2D eigenvalue weighted by molar-refractivity contribution is 5.48. The van der Waals surface area contributed by atoms with Crippen molar-refractivity contribution in [1.82, 2.24) is 0 Å². The fourth-order valence-electron chi connectivity index (χ4n) is 3.57. The molecule has 1 N–H and O–H groups in total. The van der Waals surface area contributed by atoms with Gasteiger partial charge < -0.3 is 10.0 Å². The van der Waals surface area contributed by atoms with Crippen molar-refractivity contribution < 1.29 is 5.11 Å². The molecule has 17 heavy (non-hydrogen) atoms. The molecule has 3 atom stereocenters. The molecule has 0 amide bonds. The fourth-order valence-corrected chi connectivity index (χ4v) is 3.57. The number of hydrogen-bond donors (Lipinski definition) is 1. The lowest BCUT2D eigenvalue weighted by Gasteiger charge is -2.47. The van der Waals surface area contributed by atoms with Gasteiger partial charge in [0.15, 0.2) is 0 Å². The van der Waals surface area contributed by atoms with Crippen molar-refractivity contribution in [2.45, 2.75) is 44.2 Å². The lowest BCUT2D eigenvalue weighted by molar-refractivity contribution is 0.0449. The first-order valence-electron chi connectivity index (χ1n) is 6.86. The second-order valence-corrected chi connectivity index (χ2v) is 5.40. The zero-order valence-electron chi connectivity index (χ0n) is 10.3. The maximum absolute atomic E-state index is 10.1. The van der Waals surface area contributed by atoms with Gasteiger partial charge in [-0.1, -0.05) is 31.0 Å². The van der Waals surface area contributed by atoms with Crippen molar-refractivity contribution in [3.05, 3.63) is 30.3 Å². The van der Waals surface area contributed by atoms with Gasteiger partial charge in [0.1, 0.15) is 0 Å². The first kappa shape index (κ1) is 11.1. The molecule has 2 nitrogen and oxygen atoms in total. The molecule has 2 heteroatoms. The lowest BCUT2D eigenvalue weighted by atomic mass is 9.76. The number of anilines is 1. The predicted octanol–water partition coefficient (Wildman–Crippen LogP) is 2.82. The number of fused-ring (bicyclic) bond motifs is 1. The van der Waals surface area contributed by atoms with E-state index in [9.17, 15) is 5.11 Å². The summed E-state index contributed by atoms with van der Waals surface area (Å²) in [5, 5.41) is 10.1. The minimum atomic E-state index is -0.0692. The molecule has 2 fully saturated rings. The Bertz CT molecular complexity index is 364. The van der Waals surface area contributed by atoms with Crippen LogP contribution in [0.1, 0.15) is 32.1 Å². The van der Waals surface area contributed by atoms with Crippen LogP contribution >= 0.6 is 0 Å². The van der Waals surface area contributed by atoms with Crippen LogP contribution < -0.4 is 4.90 Å². The van der Waals surface area contributed by atoms with E-state index in [0.717, 1.165) is 13.0 Å². The van der Waals surface area contributed by atoms with E-state index in [1.54, 1.807) is 0 Å². The van der Waals surface area contributed by atoms with Crippen LogP contribution in [0.2, 0.25) is 0 Å². The molecular formula is C15H21NO. The fraction of sp³-hybridized carbons (Fsp3) is 0.600. The van der Waals surface area contributed by atoms with Crippen LogP contribution in [0.5, 0.6) is 0 Å². The zero-order valence-corrected chi connectivity index (χ0v) is 10.3. The zero-order chi connectivity index (χ0) is 11.7. The monoisotopic (exact) mass is 231 g/mol. The third-order valence-electron chi connectivity index (χ3n) is 4.43. The Morgan fingerprint density at radius 1 is 1.00 bits per heavy atom. The Labute approximate surface area is 103 Å². The molecule has 2 aliphatic rings. The van der Waals surface area contributed by atoms with Crippen molar-refractivity contribution in [3.8, 4) is 0 Å². The summed E-state index contributed by atoms with van der Waals surface area (Å²) in [6, 6.07) is 11.2. The van der Waals surface area contributed by atoms with E-state index in [0.29, 0.717) is 12.0 Å². The van der Waals surface area contributed by atoms with Gasteiger partial charge in [0.05, 0.1) is 6.10 Å². The van der Waals surface area contributed by atoms with Crippen LogP contribution in [0.25, 0.3) is 0 Å². The highest BCUT2D eigenvalue weighted by atomic mass is 16.3. The molecule has 3 rings (SSSR count). The third kappa shape index (κ3) is 2.06. The van der Waals surface area contributed by atoms with Crippen molar-refractivity contribution in [2.75, 3.05) is 11.4 Å². The standard InChI is InChI=1S/C15H21NO/c17-15-10-11-16(12-6-2-1-3-7-12)14-9-5-4-8-13(14)15/h1-3,6-7,13-15,17H,4-5,8-11H2. The molecule has 1 heterocycles. The molecule has 0 aromatic heterocycles. The normalized spacial score (nSPS) is 33.2. The van der Waals surface area contributed by atoms with Crippen molar-refractivity contribution >= 4 is 5.69 Å². The summed E-state index contributed by atoms with van der Waals surface area (Å²) in [7, 11) is 0. The topological polar surface area (TPSA) is 23.5 Å². The quantitative estimate of drug-likeness (QED) is 0.803. The van der Waals surface area contributed by atoms with E-state index in [4.69, 9.17) is 0 Å². The summed E-state index contributed by atoms with van der Waals surface area (Å²) in [6.45, 7) is 1.01. The molecule has 3 unspecified atom stereocenters. The first-order valence-corrected chi connectivity index (χ1v) is 6.86. The first-order chi connectivity index (χ1) is 8.36. The molecule has 0 spiro atoms. The van der Waals surface area contributed by atoms with E-state index in [1.807, 2.05) is 0 Å². The van der Waals surface area contributed by atoms with Crippen LogP contribution in [0.4, 0.5) is 5.69 Å². The number of aliphatic hydroxyl groups excluding tert-OH is 1. The maximum atomic E-state index is 10.1. The Hall–Kier alpha value is -1.02. The summed E-state index contributed by atoms with van der Waals surface area (Å²) < 4.78 is 0. The van der Waals surface area contributed by atoms with Crippen LogP contribution in [0.15, 0.2) is 30.3 Å². The Morgan fingerprint density at radius 3 is 2.59 bits per heavy atom. The van der Waals surface area contributed by atoms with Gasteiger partial charge in [-0.05, 0) is 31.4 Å². The Kier molecular flexibility index (Phi) is 3.06. The van der Waals surface area contributed by atoms with Crippen molar-refractivity contribution in [1.29, 1.82) is 0 Å². The van der Waals surface area contributed by atoms with E-state index >= 15 is 0 Å². The van der Waals surface area contributed by atoms with Gasteiger partial charge in [0.25, 0.3) is 0 Å². The van der Waals surface area contributed by atoms with Crippen LogP contribution in [-0.4, -0.2) is 23.8 Å². The SMILES string of the molecule is OC1CCN(c2ccccc2)C2CCCCC12. The molecule has 1 aliphatic carbocycles. The second-order valence-electron chi connectivity index (χ2n) is 5.40. The summed E-state index contributed by atoms with van der Waals surface area (Å²) in [6.07, 6.45) is 5.92. The molecule has 1 aromatic rings. The van der Waals surface area contributed by atoms with Crippen LogP contribution in [0.3, 0.4) is 0 Å². The maximum Gasteiger partial charge on any atom is 0.0604 e. The minimum Gasteiger partial charge on any atom is -0.393 e. The van der Waals surface area contributed by atoms with Gasteiger partial charge in [0.2, 0.25) is 0 Å². The highest BCUT2D eigenvalue weighted by Gasteiger charge is 2.38. The molecule has 1 aliphatic heterocycles. The number of para-hydroxylation sites is 1. The number of piperidine rings is 1. The summed E-state index contributed by atoms with van der Waals surface area (Å²) in [5.74, 6) is 0.498. The molecule has 0 radical (unpaired) electrons. The van der Waals surface area contributed by atoms with E-state index < -0.39 is 0 Å². The predicted molar refractivity (Wildman–Crippen MR) is 70.2 cm³/mol. The number of nitrogens with zero attached hydrogens (tertiary/aromatic N) is 1. The molecule has 1 aromatic carbocycles. The van der Waals surface area contributed by atoms with E-state index in [1.165, 1.54) is 31.4 Å². The lowest BCUT2D eigenvalue weighted by Crippen LogP contribution is -2.52. The molecule has 1 saturated carbocycles. The highest BCUT2D eigenvalue weighted by Crippen LogP contribution is 2.37. The Balaban J connectivity index is 1.85. The average molecular weight is 231 g/mol. The average Bonchev–Trinajstić information content (AvgIpc) is 2.41. The van der Waals surface area contributed by atoms with Crippen LogP contribution in [-0.2, 0) is 0 Å². The summed E-state index contributed by atoms with van der Waals surface area (Å²) >= 11 is 0. The number of benzene rings is 1. The van der Waals surface area contributed by atoms with E-state index in [2.05, 4.69) is 35.2 Å².